The maximum atomic E-state index is 12.9. The van der Waals surface area contributed by atoms with Crippen LogP contribution >= 0.6 is 0 Å². The number of phenols is 1. The molecule has 1 amide bonds. The van der Waals surface area contributed by atoms with Crippen LogP contribution < -0.4 is 16.4 Å². The minimum absolute atomic E-state index is 0. The summed E-state index contributed by atoms with van der Waals surface area (Å²) >= 11 is 0. The molecule has 10 nitrogen and oxygen atoms in total. The number of carbonyl (C=O) groups excluding carboxylic acids is 1. The van der Waals surface area contributed by atoms with Crippen molar-refractivity contribution in [3.63, 3.8) is 0 Å². The summed E-state index contributed by atoms with van der Waals surface area (Å²) < 4.78 is 0. The number of phenolic OH excluding ortho intramolecular Hbond substituents is 1. The Morgan fingerprint density at radius 3 is 1.78 bits per heavy atom. The van der Waals surface area contributed by atoms with E-state index in [0.717, 1.165) is 18.1 Å². The summed E-state index contributed by atoms with van der Waals surface area (Å²) in [5.41, 5.74) is 11.6. The smallest absolute Gasteiger partial charge is 0.300 e. The summed E-state index contributed by atoms with van der Waals surface area (Å²) in [5, 5.41) is 42.2. The molecule has 0 saturated carbocycles. The van der Waals surface area contributed by atoms with Crippen molar-refractivity contribution >= 4 is 29.3 Å². The van der Waals surface area contributed by atoms with Crippen molar-refractivity contribution in [1.82, 2.24) is 15.6 Å². The van der Waals surface area contributed by atoms with Crippen LogP contribution in [0.15, 0.2) is 133 Å². The number of carboxylic acid groups (broad SMARTS) is 1. The van der Waals surface area contributed by atoms with Gasteiger partial charge in [-0.25, -0.2) is 0 Å². The van der Waals surface area contributed by atoms with Crippen molar-refractivity contribution < 1.29 is 39.3 Å². The zero-order valence-corrected chi connectivity index (χ0v) is 29.6. The number of allylic oxidation sites excluding steroid dienone is 1. The van der Waals surface area contributed by atoms with Crippen LogP contribution in [0.4, 0.5) is 5.82 Å². The van der Waals surface area contributed by atoms with Gasteiger partial charge in [-0.2, -0.15) is 10.5 Å². The van der Waals surface area contributed by atoms with Gasteiger partial charge in [0.2, 0.25) is 0 Å². The fourth-order valence-corrected chi connectivity index (χ4v) is 4.89. The van der Waals surface area contributed by atoms with E-state index in [-0.39, 0.29) is 31.2 Å². The molecule has 1 aliphatic heterocycles. The SMILES string of the molecule is CC(=O)O.N#CC1=C(c2ccccc2)/C(=C/c2[nH]c(N)c(C#N)c2-c2ccccc2)NC1NC(=O)c1ccccc1.Oc1ccccc1.[Zn]. The standard InChI is InChI=1S/C30H22N6O.C6H6O.C2H4O2.Zn/c31-17-22-26(19-10-4-1-5-11-19)24(34-28(22)33)16-25-27(20-12-6-2-7-13-20)23(18-32)29(35-25)36-30(37)21-14-8-3-9-15-21;7-6-4-2-1-3-5-6;1-2(3)4;/h1-16,29,34-35H,33H2,(H,36,37);1-5,7H;1H3,(H,3,4);/b25-16-;;;. The summed E-state index contributed by atoms with van der Waals surface area (Å²) in [6.07, 6.45) is 1.08. The minimum Gasteiger partial charge on any atom is -0.508 e. The van der Waals surface area contributed by atoms with E-state index in [1.54, 1.807) is 48.5 Å². The Balaban J connectivity index is 0.000000465. The molecule has 0 spiro atoms. The van der Waals surface area contributed by atoms with E-state index in [0.29, 0.717) is 45.0 Å². The predicted octanol–water partition coefficient (Wildman–Crippen LogP) is 6.29. The zero-order valence-electron chi connectivity index (χ0n) is 26.6. The summed E-state index contributed by atoms with van der Waals surface area (Å²) in [4.78, 5) is 25.1. The molecular formula is C38H32N6O4Zn. The fourth-order valence-electron chi connectivity index (χ4n) is 4.89. The van der Waals surface area contributed by atoms with E-state index in [9.17, 15) is 15.3 Å². The molecule has 0 aliphatic carbocycles. The number of hydrogen-bond donors (Lipinski definition) is 6. The van der Waals surface area contributed by atoms with Crippen LogP contribution in [0.1, 0.15) is 34.1 Å². The number of aromatic amines is 1. The number of rotatable bonds is 5. The second-order valence-corrected chi connectivity index (χ2v) is 10.3. The number of carbonyl (C=O) groups is 2. The van der Waals surface area contributed by atoms with Gasteiger partial charge in [-0.1, -0.05) is 97.1 Å². The van der Waals surface area contributed by atoms with Gasteiger partial charge in [0.1, 0.15) is 29.4 Å². The number of nitriles is 2. The number of nitrogens with one attached hydrogen (secondary N) is 3. The Morgan fingerprint density at radius 2 is 1.31 bits per heavy atom. The molecule has 0 saturated heterocycles. The summed E-state index contributed by atoms with van der Waals surface area (Å²) in [7, 11) is 0. The molecule has 240 valence electrons. The van der Waals surface area contributed by atoms with Crippen molar-refractivity contribution in [3.05, 3.63) is 155 Å². The molecule has 1 atom stereocenters. The number of aliphatic carboxylic acids is 1. The second-order valence-electron chi connectivity index (χ2n) is 10.3. The van der Waals surface area contributed by atoms with Crippen molar-refractivity contribution in [2.24, 2.45) is 0 Å². The maximum absolute atomic E-state index is 12.9. The maximum Gasteiger partial charge on any atom is 0.300 e. The van der Waals surface area contributed by atoms with Gasteiger partial charge in [0.05, 0.1) is 17.3 Å². The quantitative estimate of drug-likeness (QED) is 0.115. The summed E-state index contributed by atoms with van der Waals surface area (Å²) in [5.74, 6) is -0.561. The van der Waals surface area contributed by atoms with Gasteiger partial charge < -0.3 is 31.6 Å². The molecule has 0 fully saturated rings. The summed E-state index contributed by atoms with van der Waals surface area (Å²) in [6, 6.07) is 41.0. The number of aromatic hydroxyl groups is 1. The molecule has 4 aromatic carbocycles. The first-order valence-electron chi connectivity index (χ1n) is 14.7. The summed E-state index contributed by atoms with van der Waals surface area (Å²) in [6.45, 7) is 1.08. The Kier molecular flexibility index (Phi) is 13.7. The Labute approximate surface area is 296 Å². The van der Waals surface area contributed by atoms with Crippen molar-refractivity contribution in [2.45, 2.75) is 13.1 Å². The van der Waals surface area contributed by atoms with E-state index >= 15 is 0 Å². The minimum atomic E-state index is -0.833. The van der Waals surface area contributed by atoms with Crippen LogP contribution in [-0.2, 0) is 24.3 Å². The molecule has 1 aromatic heterocycles. The van der Waals surface area contributed by atoms with Crippen LogP contribution in [0.5, 0.6) is 5.75 Å². The molecule has 11 heteroatoms. The van der Waals surface area contributed by atoms with E-state index in [2.05, 4.69) is 27.8 Å². The van der Waals surface area contributed by atoms with Crippen LogP contribution in [0.25, 0.3) is 22.8 Å². The molecule has 1 unspecified atom stereocenters. The number of para-hydroxylation sites is 1. The second kappa shape index (κ2) is 18.1. The first kappa shape index (κ1) is 37.0. The number of nitrogens with two attached hydrogens (primary N) is 1. The third-order valence-corrected chi connectivity index (χ3v) is 6.90. The Bertz CT molecular complexity index is 2010. The van der Waals surface area contributed by atoms with E-state index in [1.165, 1.54) is 0 Å². The zero-order chi connectivity index (χ0) is 34.5. The molecule has 6 rings (SSSR count). The third-order valence-electron chi connectivity index (χ3n) is 6.90. The monoisotopic (exact) mass is 700 g/mol. The first-order valence-corrected chi connectivity index (χ1v) is 14.7. The number of carboxylic acids is 1. The van der Waals surface area contributed by atoms with Crippen molar-refractivity contribution in [3.8, 4) is 29.0 Å². The van der Waals surface area contributed by atoms with Gasteiger partial charge in [0, 0.05) is 48.8 Å². The number of nitrogens with zero attached hydrogens (tertiary/aromatic N) is 2. The average molecular weight is 702 g/mol. The molecule has 0 bridgehead atoms. The van der Waals surface area contributed by atoms with Crippen LogP contribution in [-0.4, -0.2) is 33.2 Å². The number of anilines is 1. The number of H-pyrrole nitrogens is 1. The van der Waals surface area contributed by atoms with Crippen LogP contribution in [0.3, 0.4) is 0 Å². The van der Waals surface area contributed by atoms with Gasteiger partial charge in [-0.05, 0) is 41.5 Å². The molecule has 5 aromatic rings. The van der Waals surface area contributed by atoms with E-state index in [1.807, 2.05) is 78.9 Å². The molecule has 7 N–H and O–H groups in total. The number of hydrogen-bond acceptors (Lipinski definition) is 7. The Morgan fingerprint density at radius 1 is 0.816 bits per heavy atom. The number of benzene rings is 4. The fraction of sp³-hybridized carbons (Fsp3) is 0.0526. The molecule has 2 heterocycles. The number of nitrogen functional groups attached to an aromatic ring is 1. The van der Waals surface area contributed by atoms with Crippen molar-refractivity contribution in [2.75, 3.05) is 5.73 Å². The van der Waals surface area contributed by atoms with E-state index < -0.39 is 12.1 Å². The normalized spacial score (nSPS) is 13.5. The number of aromatic nitrogens is 1. The molecular weight excluding hydrogens is 670 g/mol. The average Bonchev–Trinajstić information content (AvgIpc) is 3.61. The van der Waals surface area contributed by atoms with Gasteiger partial charge in [-0.3, -0.25) is 9.59 Å². The van der Waals surface area contributed by atoms with Gasteiger partial charge in [0.15, 0.2) is 0 Å². The third kappa shape index (κ3) is 9.79. The van der Waals surface area contributed by atoms with E-state index in [4.69, 9.17) is 20.7 Å². The van der Waals surface area contributed by atoms with Crippen LogP contribution in [0, 0.1) is 22.7 Å². The van der Waals surface area contributed by atoms with Crippen LogP contribution in [0.2, 0.25) is 0 Å². The largest absolute Gasteiger partial charge is 0.508 e. The molecule has 1 aliphatic rings. The number of amides is 1. The van der Waals surface area contributed by atoms with Gasteiger partial charge >= 0.3 is 0 Å². The Hall–Kier alpha value is -6.42. The van der Waals surface area contributed by atoms with Gasteiger partial charge in [0.25, 0.3) is 11.9 Å². The topological polar surface area (TPSA) is 188 Å². The molecule has 49 heavy (non-hydrogen) atoms. The molecule has 0 radical (unpaired) electrons. The predicted molar refractivity (Wildman–Crippen MR) is 185 cm³/mol. The first-order chi connectivity index (χ1) is 23.2. The van der Waals surface area contributed by atoms with Gasteiger partial charge in [-0.15, -0.1) is 0 Å². The van der Waals surface area contributed by atoms with Crippen molar-refractivity contribution in [1.29, 1.82) is 10.5 Å².